The lowest BCUT2D eigenvalue weighted by atomic mass is 10.2. The molecule has 0 unspecified atom stereocenters. The summed E-state index contributed by atoms with van der Waals surface area (Å²) >= 11 is 1.41. The van der Waals surface area contributed by atoms with E-state index in [1.54, 1.807) is 43.3 Å². The van der Waals surface area contributed by atoms with Gasteiger partial charge >= 0.3 is 5.13 Å². The Hall–Kier alpha value is -3.94. The molecule has 0 aliphatic heterocycles. The van der Waals surface area contributed by atoms with Crippen molar-refractivity contribution in [1.29, 1.82) is 0 Å². The molecule has 0 atom stereocenters. The van der Waals surface area contributed by atoms with E-state index < -0.39 is 10.0 Å². The number of sulfonamides is 1. The molecule has 0 saturated carbocycles. The second kappa shape index (κ2) is 15.2. The van der Waals surface area contributed by atoms with Gasteiger partial charge in [0, 0.05) is 29.9 Å². The number of aromatic hydroxyl groups is 1. The predicted octanol–water partition coefficient (Wildman–Crippen LogP) is 3.74. The highest BCUT2D eigenvalue weighted by Gasteiger charge is 2.27. The lowest BCUT2D eigenvalue weighted by Gasteiger charge is -2.29. The van der Waals surface area contributed by atoms with Gasteiger partial charge in [0.05, 0.1) is 29.4 Å². The van der Waals surface area contributed by atoms with Crippen LogP contribution in [0.1, 0.15) is 40.2 Å². The number of rotatable bonds is 13. The molecule has 0 fully saturated rings. The minimum Gasteiger partial charge on any atom is -1.00 e. The van der Waals surface area contributed by atoms with E-state index in [0.717, 1.165) is 10.7 Å². The summed E-state index contributed by atoms with van der Waals surface area (Å²) in [6.07, 6.45) is 0. The summed E-state index contributed by atoms with van der Waals surface area (Å²) in [5.74, 6) is 0.368. The van der Waals surface area contributed by atoms with E-state index in [4.69, 9.17) is 9.84 Å². The highest BCUT2D eigenvalue weighted by Crippen LogP contribution is 2.40. The Kier molecular flexibility index (Phi) is 11.9. The van der Waals surface area contributed by atoms with Gasteiger partial charge in [-0.15, -0.1) is 4.68 Å². The number of aromatic nitrogens is 2. The number of ether oxygens (including phenoxy) is 1. The first-order valence-electron chi connectivity index (χ1n) is 13.9. The number of hydrogen-bond acceptors (Lipinski definition) is 10. The summed E-state index contributed by atoms with van der Waals surface area (Å²) in [6, 6.07) is 20.2. The number of anilines is 4. The van der Waals surface area contributed by atoms with E-state index in [1.807, 2.05) is 35.0 Å². The fraction of sp³-hybridized carbons (Fsp3) is 0.333. The standard InChI is InChI=1S/C30H37N7O4S2.ClH/c1-7-43(39,40)35-26-17-27(31-23-14-11-15-24(38)16-23)28(41-6)18-25(26)32-33-29-36(19-22-12-9-8-10-13-22)34-30(42-29)37(20(2)3)21(4)5;/h8-18,20-21H,7,19H2,1-6H3,(H2,31,35,38);1H. The van der Waals surface area contributed by atoms with Gasteiger partial charge in [-0.25, -0.2) is 8.42 Å². The average Bonchev–Trinajstić information content (AvgIpc) is 3.33. The lowest BCUT2D eigenvalue weighted by Crippen LogP contribution is -3.00. The molecule has 14 heteroatoms. The summed E-state index contributed by atoms with van der Waals surface area (Å²) in [6.45, 7) is 10.5. The van der Waals surface area contributed by atoms with Crippen LogP contribution in [0.15, 0.2) is 77.0 Å². The summed E-state index contributed by atoms with van der Waals surface area (Å²) < 4.78 is 35.3. The first-order valence-corrected chi connectivity index (χ1v) is 16.4. The maximum absolute atomic E-state index is 12.6. The molecule has 3 aromatic carbocycles. The van der Waals surface area contributed by atoms with Crippen molar-refractivity contribution in [3.63, 3.8) is 0 Å². The van der Waals surface area contributed by atoms with Gasteiger partial charge in [-0.2, -0.15) is 0 Å². The summed E-state index contributed by atoms with van der Waals surface area (Å²) in [7, 11) is -2.14. The molecule has 44 heavy (non-hydrogen) atoms. The van der Waals surface area contributed by atoms with Gasteiger partial charge in [0.1, 0.15) is 23.7 Å². The Balaban J connectivity index is 0.00000529. The predicted molar refractivity (Wildman–Crippen MR) is 172 cm³/mol. The van der Waals surface area contributed by atoms with Crippen molar-refractivity contribution < 1.29 is 35.4 Å². The quantitative estimate of drug-likeness (QED) is 0.147. The van der Waals surface area contributed by atoms with Crippen molar-refractivity contribution in [2.75, 3.05) is 27.8 Å². The number of phenols is 1. The second-order valence-electron chi connectivity index (χ2n) is 10.4. The first-order chi connectivity index (χ1) is 20.5. The molecule has 1 heterocycles. The third-order valence-corrected chi connectivity index (χ3v) is 8.69. The average molecular weight is 660 g/mol. The number of hydrogen-bond donors (Lipinski definition) is 3. The molecule has 0 spiro atoms. The van der Waals surface area contributed by atoms with Crippen molar-refractivity contribution in [3.05, 3.63) is 72.3 Å². The van der Waals surface area contributed by atoms with E-state index in [0.29, 0.717) is 28.8 Å². The summed E-state index contributed by atoms with van der Waals surface area (Å²) in [5.41, 5.74) is 2.61. The zero-order chi connectivity index (χ0) is 31.1. The van der Waals surface area contributed by atoms with Crippen molar-refractivity contribution in [2.24, 2.45) is 10.2 Å². The number of nitrogens with zero attached hydrogens (tertiary/aromatic N) is 5. The van der Waals surface area contributed by atoms with E-state index in [9.17, 15) is 13.5 Å². The normalized spacial score (nSPS) is 11.5. The minimum absolute atomic E-state index is 0. The van der Waals surface area contributed by atoms with Gasteiger partial charge in [-0.3, -0.25) is 4.72 Å². The third-order valence-electron chi connectivity index (χ3n) is 6.45. The van der Waals surface area contributed by atoms with Crippen molar-refractivity contribution in [1.82, 2.24) is 5.10 Å². The smallest absolute Gasteiger partial charge is 0.432 e. The molecular formula is C30H38ClN7O4S2. The van der Waals surface area contributed by atoms with Crippen molar-refractivity contribution in [2.45, 2.75) is 53.2 Å². The van der Waals surface area contributed by atoms with Crippen LogP contribution in [0.2, 0.25) is 0 Å². The Morgan fingerprint density at radius 2 is 1.70 bits per heavy atom. The monoisotopic (exact) mass is 659 g/mol. The number of methoxy groups -OCH3 is 1. The van der Waals surface area contributed by atoms with E-state index in [-0.39, 0.29) is 47.4 Å². The Bertz CT molecular complexity index is 1670. The van der Waals surface area contributed by atoms with E-state index in [2.05, 4.69) is 52.9 Å². The zero-order valence-corrected chi connectivity index (χ0v) is 27.9. The molecule has 4 rings (SSSR count). The maximum atomic E-state index is 12.6. The lowest BCUT2D eigenvalue weighted by molar-refractivity contribution is -0.728. The summed E-state index contributed by atoms with van der Waals surface area (Å²) in [4.78, 5) is 2.22. The van der Waals surface area contributed by atoms with Crippen LogP contribution in [-0.2, 0) is 16.6 Å². The number of nitrogens with one attached hydrogen (secondary N) is 2. The summed E-state index contributed by atoms with van der Waals surface area (Å²) in [5, 5.41) is 28.4. The number of benzene rings is 3. The molecule has 0 aliphatic rings. The van der Waals surface area contributed by atoms with Crippen LogP contribution in [-0.4, -0.2) is 43.6 Å². The Morgan fingerprint density at radius 1 is 1.00 bits per heavy atom. The molecule has 11 nitrogen and oxygen atoms in total. The number of phenolic OH excluding ortho intramolecular Hbond substituents is 1. The molecule has 4 aromatic rings. The fourth-order valence-electron chi connectivity index (χ4n) is 4.45. The molecule has 0 saturated heterocycles. The highest BCUT2D eigenvalue weighted by molar-refractivity contribution is 7.92. The Morgan fingerprint density at radius 3 is 2.32 bits per heavy atom. The largest absolute Gasteiger partial charge is 1.00 e. The molecule has 0 bridgehead atoms. The van der Waals surface area contributed by atoms with Crippen LogP contribution < -0.4 is 36.8 Å². The van der Waals surface area contributed by atoms with Gasteiger partial charge in [-0.05, 0) is 74.8 Å². The van der Waals surface area contributed by atoms with Crippen LogP contribution in [0, 0.1) is 0 Å². The van der Waals surface area contributed by atoms with Crippen LogP contribution in [0.25, 0.3) is 0 Å². The van der Waals surface area contributed by atoms with E-state index in [1.165, 1.54) is 18.4 Å². The van der Waals surface area contributed by atoms with Gasteiger partial charge in [0.25, 0.3) is 0 Å². The topological polar surface area (TPSA) is 132 Å². The molecule has 1 aromatic heterocycles. The van der Waals surface area contributed by atoms with Gasteiger partial charge < -0.3 is 32.5 Å². The van der Waals surface area contributed by atoms with Crippen molar-refractivity contribution in [3.8, 4) is 11.5 Å². The van der Waals surface area contributed by atoms with Gasteiger partial charge in [0.2, 0.25) is 15.2 Å². The third kappa shape index (κ3) is 8.80. The SMILES string of the molecule is CCS(=O)(=O)Nc1cc(Nc2cccc(O)c2)c(OC)cc1N=Nc1sc(N(C(C)C)C(C)C)n[n+]1Cc1ccccc1.[Cl-]. The second-order valence-corrected chi connectivity index (χ2v) is 13.3. The van der Waals surface area contributed by atoms with Crippen LogP contribution in [0.4, 0.5) is 33.0 Å². The molecule has 0 radical (unpaired) electrons. The van der Waals surface area contributed by atoms with E-state index >= 15 is 0 Å². The van der Waals surface area contributed by atoms with Crippen molar-refractivity contribution >= 4 is 54.4 Å². The van der Waals surface area contributed by atoms with Crippen LogP contribution >= 0.6 is 11.3 Å². The molecule has 3 N–H and O–H groups in total. The van der Waals surface area contributed by atoms with Gasteiger partial charge in [-0.1, -0.05) is 41.5 Å². The zero-order valence-electron chi connectivity index (χ0n) is 25.5. The first kappa shape index (κ1) is 34.5. The molecule has 0 aliphatic carbocycles. The fourth-order valence-corrected chi connectivity index (χ4v) is 6.22. The minimum atomic E-state index is -3.65. The molecular weight excluding hydrogens is 622 g/mol. The molecule has 0 amide bonds. The maximum Gasteiger partial charge on any atom is 0.432 e. The molecule has 236 valence electrons. The Labute approximate surface area is 269 Å². The highest BCUT2D eigenvalue weighted by atomic mass is 35.5. The number of azo groups is 1. The number of halogens is 1. The van der Waals surface area contributed by atoms with Gasteiger partial charge in [0.15, 0.2) is 0 Å². The van der Waals surface area contributed by atoms with Crippen LogP contribution in [0.5, 0.6) is 11.5 Å². The van der Waals surface area contributed by atoms with Crippen LogP contribution in [0.3, 0.4) is 0 Å².